The second kappa shape index (κ2) is 9.97. The van der Waals surface area contributed by atoms with E-state index in [0.717, 1.165) is 0 Å². The van der Waals surface area contributed by atoms with E-state index in [1.54, 1.807) is 31.4 Å². The number of rotatable bonds is 8. The Hall–Kier alpha value is -3.01. The number of guanidine groups is 1. The molecule has 0 aliphatic carbocycles. The van der Waals surface area contributed by atoms with Crippen LogP contribution in [-0.2, 0) is 6.54 Å². The monoisotopic (exact) mass is 428 g/mol. The van der Waals surface area contributed by atoms with Crippen molar-refractivity contribution in [3.63, 3.8) is 0 Å². The molecule has 1 aromatic heterocycles. The van der Waals surface area contributed by atoms with Crippen LogP contribution in [0.25, 0.3) is 0 Å². The van der Waals surface area contributed by atoms with Crippen LogP contribution in [0.3, 0.4) is 0 Å². The van der Waals surface area contributed by atoms with E-state index in [0.29, 0.717) is 47.1 Å². The molecule has 2 N–H and O–H groups in total. The van der Waals surface area contributed by atoms with E-state index in [2.05, 4.69) is 25.3 Å². The molecule has 0 bridgehead atoms. The third-order valence-corrected chi connectivity index (χ3v) is 4.09. The molecule has 1 aromatic carbocycles. The Kier molecular flexibility index (Phi) is 7.12. The molecular formula is C18H19ClF2N4O4. The van der Waals surface area contributed by atoms with Crippen molar-refractivity contribution in [2.75, 3.05) is 27.0 Å². The number of hydrogen-bond acceptors (Lipinski definition) is 6. The Bertz CT molecular complexity index is 870. The largest absolute Gasteiger partial charge is 0.475 e. The number of pyridine rings is 1. The van der Waals surface area contributed by atoms with Crippen molar-refractivity contribution in [3.05, 3.63) is 41.0 Å². The second-order valence-electron chi connectivity index (χ2n) is 5.68. The molecule has 3 rings (SSSR count). The number of hydrogen-bond donors (Lipinski definition) is 2. The fourth-order valence-corrected chi connectivity index (χ4v) is 2.68. The molecule has 2 aromatic rings. The zero-order valence-corrected chi connectivity index (χ0v) is 16.2. The van der Waals surface area contributed by atoms with Gasteiger partial charge in [0.1, 0.15) is 17.4 Å². The summed E-state index contributed by atoms with van der Waals surface area (Å²) in [4.78, 5) is 8.11. The molecule has 0 radical (unpaired) electrons. The molecule has 29 heavy (non-hydrogen) atoms. The average Bonchev–Trinajstić information content (AvgIpc) is 3.15. The van der Waals surface area contributed by atoms with Crippen molar-refractivity contribution < 1.29 is 27.7 Å². The van der Waals surface area contributed by atoms with Crippen molar-refractivity contribution >= 4 is 17.6 Å². The normalized spacial score (nSPS) is 12.8. The maximum atomic E-state index is 12.7. The van der Waals surface area contributed by atoms with Gasteiger partial charge in [-0.1, -0.05) is 11.6 Å². The van der Waals surface area contributed by atoms with E-state index < -0.39 is 6.61 Å². The molecule has 11 heteroatoms. The van der Waals surface area contributed by atoms with Crippen LogP contribution in [-0.4, -0.2) is 44.5 Å². The number of ether oxygens (including phenoxy) is 4. The van der Waals surface area contributed by atoms with Gasteiger partial charge in [0.25, 0.3) is 0 Å². The number of benzene rings is 1. The Morgan fingerprint density at radius 2 is 2.10 bits per heavy atom. The van der Waals surface area contributed by atoms with E-state index in [1.807, 2.05) is 0 Å². The van der Waals surface area contributed by atoms with E-state index in [1.165, 1.54) is 6.07 Å². The lowest BCUT2D eigenvalue weighted by molar-refractivity contribution is -0.0505. The van der Waals surface area contributed by atoms with Gasteiger partial charge in [-0.15, -0.1) is 0 Å². The summed E-state index contributed by atoms with van der Waals surface area (Å²) in [6.07, 6.45) is 1.58. The van der Waals surface area contributed by atoms with E-state index in [9.17, 15) is 8.78 Å². The summed E-state index contributed by atoms with van der Waals surface area (Å²) < 4.78 is 46.0. The molecule has 1 aliphatic rings. The topological polar surface area (TPSA) is 86.2 Å². The number of aliphatic imine (C=N–C) groups is 1. The molecule has 8 nitrogen and oxygen atoms in total. The summed E-state index contributed by atoms with van der Waals surface area (Å²) in [6.45, 7) is -2.05. The van der Waals surface area contributed by atoms with Crippen LogP contribution in [0.15, 0.2) is 35.5 Å². The quantitative estimate of drug-likeness (QED) is 0.380. The Balaban J connectivity index is 1.53. The zero-order valence-electron chi connectivity index (χ0n) is 15.5. The van der Waals surface area contributed by atoms with Gasteiger partial charge in [-0.05, 0) is 18.2 Å². The van der Waals surface area contributed by atoms with Gasteiger partial charge in [-0.3, -0.25) is 4.99 Å². The predicted molar refractivity (Wildman–Crippen MR) is 102 cm³/mol. The molecule has 0 amide bonds. The first-order valence-corrected chi connectivity index (χ1v) is 8.99. The third-order valence-electron chi connectivity index (χ3n) is 3.80. The van der Waals surface area contributed by atoms with Crippen molar-refractivity contribution in [3.8, 4) is 23.1 Å². The zero-order chi connectivity index (χ0) is 20.6. The van der Waals surface area contributed by atoms with E-state index in [-0.39, 0.29) is 19.1 Å². The summed E-state index contributed by atoms with van der Waals surface area (Å²) in [5, 5.41) is 6.48. The van der Waals surface area contributed by atoms with Gasteiger partial charge in [-0.2, -0.15) is 8.78 Å². The van der Waals surface area contributed by atoms with Crippen LogP contribution in [0.1, 0.15) is 5.56 Å². The van der Waals surface area contributed by atoms with Crippen molar-refractivity contribution in [1.82, 2.24) is 15.6 Å². The molecule has 0 spiro atoms. The molecule has 0 saturated heterocycles. The third kappa shape index (κ3) is 5.74. The van der Waals surface area contributed by atoms with Gasteiger partial charge in [0, 0.05) is 31.4 Å². The highest BCUT2D eigenvalue weighted by Crippen LogP contribution is 2.38. The lowest BCUT2D eigenvalue weighted by Crippen LogP contribution is -2.39. The predicted octanol–water partition coefficient (Wildman–Crippen LogP) is 2.81. The Labute approximate surface area is 170 Å². The lowest BCUT2D eigenvalue weighted by atomic mass is 10.1. The number of nitrogens with zero attached hydrogens (tertiary/aromatic N) is 2. The van der Waals surface area contributed by atoms with Crippen LogP contribution < -0.4 is 29.6 Å². The number of aromatic nitrogens is 1. The molecular weight excluding hydrogens is 410 g/mol. The van der Waals surface area contributed by atoms with Crippen LogP contribution in [0.2, 0.25) is 5.02 Å². The number of nitrogens with one attached hydrogen (secondary N) is 2. The van der Waals surface area contributed by atoms with Gasteiger partial charge < -0.3 is 29.6 Å². The fourth-order valence-electron chi connectivity index (χ4n) is 2.50. The van der Waals surface area contributed by atoms with Crippen molar-refractivity contribution in [1.29, 1.82) is 0 Å². The minimum atomic E-state index is -2.96. The number of alkyl halides is 2. The van der Waals surface area contributed by atoms with Gasteiger partial charge in [0.15, 0.2) is 17.5 Å². The summed E-state index contributed by atoms with van der Waals surface area (Å²) in [6, 6.07) is 6.36. The van der Waals surface area contributed by atoms with E-state index in [4.69, 9.17) is 25.8 Å². The molecule has 0 unspecified atom stereocenters. The molecule has 0 atom stereocenters. The van der Waals surface area contributed by atoms with Crippen LogP contribution in [0.5, 0.6) is 23.1 Å². The lowest BCUT2D eigenvalue weighted by Gasteiger charge is -2.15. The fraction of sp³-hybridized carbons (Fsp3) is 0.333. The van der Waals surface area contributed by atoms with Gasteiger partial charge >= 0.3 is 6.61 Å². The minimum Gasteiger partial charge on any atom is -0.475 e. The smallest absolute Gasteiger partial charge is 0.387 e. The first kappa shape index (κ1) is 20.7. The highest BCUT2D eigenvalue weighted by Gasteiger charge is 2.20. The standard InChI is InChI=1S/C18H19ClF2N4O4/c1-22-18(24-5-6-26-16-12(19)3-2-4-23-16)25-9-11-7-14-15(28-10-27-14)8-13(11)29-17(20)21/h2-4,7-8,17H,5-6,9-10H2,1H3,(H2,22,24,25). The molecule has 0 saturated carbocycles. The molecule has 1 aliphatic heterocycles. The van der Waals surface area contributed by atoms with Crippen LogP contribution >= 0.6 is 11.6 Å². The first-order chi connectivity index (χ1) is 14.1. The molecule has 156 valence electrons. The number of halogens is 3. The summed E-state index contributed by atoms with van der Waals surface area (Å²) in [5.41, 5.74) is 0.467. The highest BCUT2D eigenvalue weighted by molar-refractivity contribution is 6.31. The maximum Gasteiger partial charge on any atom is 0.387 e. The second-order valence-corrected chi connectivity index (χ2v) is 6.09. The highest BCUT2D eigenvalue weighted by atomic mass is 35.5. The SMILES string of the molecule is CN=C(NCCOc1ncccc1Cl)NCc1cc2c(cc1OC(F)F)OCO2. The van der Waals surface area contributed by atoms with E-state index >= 15 is 0 Å². The summed E-state index contributed by atoms with van der Waals surface area (Å²) in [7, 11) is 1.59. The minimum absolute atomic E-state index is 0.000306. The summed E-state index contributed by atoms with van der Waals surface area (Å²) >= 11 is 5.97. The number of fused-ring (bicyclic) bond motifs is 1. The Morgan fingerprint density at radius 3 is 2.83 bits per heavy atom. The maximum absolute atomic E-state index is 12.7. The van der Waals surface area contributed by atoms with Gasteiger partial charge in [0.2, 0.25) is 12.7 Å². The molecule has 2 heterocycles. The van der Waals surface area contributed by atoms with Gasteiger partial charge in [-0.25, -0.2) is 4.98 Å². The first-order valence-electron chi connectivity index (χ1n) is 8.62. The average molecular weight is 429 g/mol. The molecule has 0 fully saturated rings. The Morgan fingerprint density at radius 1 is 1.31 bits per heavy atom. The van der Waals surface area contributed by atoms with Crippen LogP contribution in [0.4, 0.5) is 8.78 Å². The van der Waals surface area contributed by atoms with Gasteiger partial charge in [0.05, 0.1) is 6.54 Å². The van der Waals surface area contributed by atoms with Crippen molar-refractivity contribution in [2.24, 2.45) is 4.99 Å². The summed E-state index contributed by atoms with van der Waals surface area (Å²) in [5.74, 6) is 1.61. The van der Waals surface area contributed by atoms with Crippen molar-refractivity contribution in [2.45, 2.75) is 13.2 Å². The van der Waals surface area contributed by atoms with Crippen LogP contribution in [0, 0.1) is 0 Å².